The van der Waals surface area contributed by atoms with Crippen molar-refractivity contribution >= 4 is 5.90 Å². The van der Waals surface area contributed by atoms with Crippen molar-refractivity contribution in [1.29, 1.82) is 0 Å². The van der Waals surface area contributed by atoms with Crippen LogP contribution < -0.4 is 9.47 Å². The molecule has 0 spiro atoms. The van der Waals surface area contributed by atoms with Gasteiger partial charge in [-0.2, -0.15) is 0 Å². The van der Waals surface area contributed by atoms with Gasteiger partial charge in [-0.15, -0.1) is 13.2 Å². The molecule has 0 bridgehead atoms. The van der Waals surface area contributed by atoms with Crippen LogP contribution in [0.3, 0.4) is 0 Å². The Bertz CT molecular complexity index is 684. The molecule has 1 heterocycles. The standard InChI is InChI=1S/C16H12F3NO3/c17-16(18,19)22-13-8-6-11(7-9-13)14-10-15(20-23-14)21-12-4-2-1-3-5-12/h1-9,14H,10H2/t14-/m1/s1. The fraction of sp³-hybridized carbons (Fsp3) is 0.188. The van der Waals surface area contributed by atoms with Gasteiger partial charge in [0.15, 0.2) is 6.10 Å². The first kappa shape index (κ1) is 15.2. The molecule has 120 valence electrons. The van der Waals surface area contributed by atoms with Crippen LogP contribution in [-0.2, 0) is 4.84 Å². The summed E-state index contributed by atoms with van der Waals surface area (Å²) in [6.45, 7) is 0. The van der Waals surface area contributed by atoms with Crippen molar-refractivity contribution in [1.82, 2.24) is 0 Å². The highest BCUT2D eigenvalue weighted by atomic mass is 19.4. The molecule has 7 heteroatoms. The van der Waals surface area contributed by atoms with Crippen LogP contribution in [0.5, 0.6) is 11.5 Å². The molecule has 1 aliphatic rings. The Kier molecular flexibility index (Phi) is 4.10. The zero-order valence-corrected chi connectivity index (χ0v) is 11.8. The maximum atomic E-state index is 12.1. The van der Waals surface area contributed by atoms with Crippen molar-refractivity contribution < 1.29 is 27.5 Å². The number of halogens is 3. The molecule has 0 radical (unpaired) electrons. The Hall–Kier alpha value is -2.70. The normalized spacial score (nSPS) is 17.3. The molecule has 2 aromatic rings. The molecule has 0 aromatic heterocycles. The van der Waals surface area contributed by atoms with Gasteiger partial charge in [-0.1, -0.05) is 35.5 Å². The average molecular weight is 323 g/mol. The van der Waals surface area contributed by atoms with E-state index in [1.54, 1.807) is 12.1 Å². The summed E-state index contributed by atoms with van der Waals surface area (Å²) < 4.78 is 45.8. The third kappa shape index (κ3) is 4.15. The number of hydrogen-bond donors (Lipinski definition) is 0. The number of para-hydroxylation sites is 1. The van der Waals surface area contributed by atoms with Crippen LogP contribution in [0.25, 0.3) is 0 Å². The van der Waals surface area contributed by atoms with E-state index in [-0.39, 0.29) is 5.75 Å². The van der Waals surface area contributed by atoms with E-state index in [9.17, 15) is 13.2 Å². The second kappa shape index (κ2) is 6.20. The van der Waals surface area contributed by atoms with Crippen LogP contribution in [-0.4, -0.2) is 12.3 Å². The Morgan fingerprint density at radius 3 is 2.30 bits per heavy atom. The lowest BCUT2D eigenvalue weighted by Crippen LogP contribution is -2.17. The van der Waals surface area contributed by atoms with Gasteiger partial charge in [-0.25, -0.2) is 0 Å². The van der Waals surface area contributed by atoms with Gasteiger partial charge in [-0.05, 0) is 29.8 Å². The zero-order chi connectivity index (χ0) is 16.3. The van der Waals surface area contributed by atoms with Crippen LogP contribution in [0, 0.1) is 0 Å². The minimum absolute atomic E-state index is 0.277. The molecule has 23 heavy (non-hydrogen) atoms. The van der Waals surface area contributed by atoms with E-state index in [4.69, 9.17) is 9.57 Å². The highest BCUT2D eigenvalue weighted by molar-refractivity contribution is 5.79. The Balaban J connectivity index is 1.59. The van der Waals surface area contributed by atoms with Crippen molar-refractivity contribution in [3.8, 4) is 11.5 Å². The molecule has 0 saturated carbocycles. The van der Waals surface area contributed by atoms with Gasteiger partial charge in [0.2, 0.25) is 5.90 Å². The summed E-state index contributed by atoms with van der Waals surface area (Å²) in [7, 11) is 0. The van der Waals surface area contributed by atoms with Gasteiger partial charge in [0.05, 0.1) is 6.42 Å². The van der Waals surface area contributed by atoms with Gasteiger partial charge in [0.1, 0.15) is 11.5 Å². The molecule has 1 aliphatic heterocycles. The van der Waals surface area contributed by atoms with Gasteiger partial charge in [-0.3, -0.25) is 0 Å². The Labute approximate surface area is 130 Å². The summed E-state index contributed by atoms with van der Waals surface area (Å²) in [6, 6.07) is 14.6. The first-order valence-electron chi connectivity index (χ1n) is 6.81. The highest BCUT2D eigenvalue weighted by Crippen LogP contribution is 2.30. The maximum absolute atomic E-state index is 12.1. The van der Waals surface area contributed by atoms with Crippen molar-refractivity contribution in [2.24, 2.45) is 5.16 Å². The molecule has 2 aromatic carbocycles. The Morgan fingerprint density at radius 1 is 0.957 bits per heavy atom. The molecule has 0 unspecified atom stereocenters. The van der Waals surface area contributed by atoms with Crippen LogP contribution in [0.1, 0.15) is 18.1 Å². The zero-order valence-electron chi connectivity index (χ0n) is 11.8. The van der Waals surface area contributed by atoms with Crippen molar-refractivity contribution in [2.45, 2.75) is 18.9 Å². The monoisotopic (exact) mass is 323 g/mol. The van der Waals surface area contributed by atoms with Gasteiger partial charge < -0.3 is 14.3 Å². The molecule has 0 amide bonds. The number of nitrogens with zero attached hydrogens (tertiary/aromatic N) is 1. The van der Waals surface area contributed by atoms with Gasteiger partial charge in [0, 0.05) is 0 Å². The van der Waals surface area contributed by atoms with Crippen molar-refractivity contribution in [3.05, 3.63) is 60.2 Å². The molecule has 0 aliphatic carbocycles. The molecule has 0 saturated heterocycles. The fourth-order valence-electron chi connectivity index (χ4n) is 2.10. The highest BCUT2D eigenvalue weighted by Gasteiger charge is 2.31. The number of hydrogen-bond acceptors (Lipinski definition) is 4. The molecular weight excluding hydrogens is 311 g/mol. The number of ether oxygens (including phenoxy) is 2. The predicted octanol–water partition coefficient (Wildman–Crippen LogP) is 4.44. The van der Waals surface area contributed by atoms with E-state index in [2.05, 4.69) is 9.89 Å². The first-order valence-corrected chi connectivity index (χ1v) is 6.81. The minimum atomic E-state index is -4.70. The summed E-state index contributed by atoms with van der Waals surface area (Å²) in [5.74, 6) is 0.780. The van der Waals surface area contributed by atoms with Crippen LogP contribution in [0.4, 0.5) is 13.2 Å². The second-order valence-corrected chi connectivity index (χ2v) is 4.82. The van der Waals surface area contributed by atoms with Gasteiger partial charge >= 0.3 is 6.36 Å². The molecule has 0 N–H and O–H groups in total. The number of alkyl halides is 3. The lowest BCUT2D eigenvalue weighted by molar-refractivity contribution is -0.274. The third-order valence-corrected chi connectivity index (χ3v) is 3.11. The molecular formula is C16H12F3NO3. The van der Waals surface area contributed by atoms with Crippen molar-refractivity contribution in [3.63, 3.8) is 0 Å². The van der Waals surface area contributed by atoms with Crippen molar-refractivity contribution in [2.75, 3.05) is 0 Å². The predicted molar refractivity (Wildman–Crippen MR) is 76.1 cm³/mol. The summed E-state index contributed by atoms with van der Waals surface area (Å²) in [5.41, 5.74) is 0.690. The average Bonchev–Trinajstić information content (AvgIpc) is 2.96. The summed E-state index contributed by atoms with van der Waals surface area (Å²) in [5, 5.41) is 3.85. The SMILES string of the molecule is FC(F)(F)Oc1ccc([C@H]2CC(Oc3ccccc3)=NO2)cc1. The van der Waals surface area contributed by atoms with E-state index in [0.29, 0.717) is 23.6 Å². The lowest BCUT2D eigenvalue weighted by Gasteiger charge is -2.11. The Morgan fingerprint density at radius 2 is 1.65 bits per heavy atom. The van der Waals surface area contributed by atoms with Crippen LogP contribution in [0.15, 0.2) is 59.8 Å². The molecule has 4 nitrogen and oxygen atoms in total. The molecule has 1 atom stereocenters. The number of benzene rings is 2. The molecule has 3 rings (SSSR count). The van der Waals surface area contributed by atoms with E-state index < -0.39 is 12.5 Å². The van der Waals surface area contributed by atoms with Gasteiger partial charge in [0.25, 0.3) is 0 Å². The smallest absolute Gasteiger partial charge is 0.440 e. The lowest BCUT2D eigenvalue weighted by atomic mass is 10.1. The summed E-state index contributed by atoms with van der Waals surface area (Å²) in [6.07, 6.45) is -4.70. The first-order chi connectivity index (χ1) is 11.0. The van der Waals surface area contributed by atoms with E-state index in [1.165, 1.54) is 24.3 Å². The van der Waals surface area contributed by atoms with E-state index in [0.717, 1.165) is 0 Å². The van der Waals surface area contributed by atoms with E-state index >= 15 is 0 Å². The maximum Gasteiger partial charge on any atom is 0.573 e. The fourth-order valence-corrected chi connectivity index (χ4v) is 2.10. The quantitative estimate of drug-likeness (QED) is 0.838. The summed E-state index contributed by atoms with van der Waals surface area (Å²) in [4.78, 5) is 5.26. The topological polar surface area (TPSA) is 40.0 Å². The third-order valence-electron chi connectivity index (χ3n) is 3.11. The largest absolute Gasteiger partial charge is 0.573 e. The van der Waals surface area contributed by atoms with Crippen LogP contribution >= 0.6 is 0 Å². The minimum Gasteiger partial charge on any atom is -0.440 e. The number of rotatable bonds is 3. The van der Waals surface area contributed by atoms with Crippen LogP contribution in [0.2, 0.25) is 0 Å². The molecule has 0 fully saturated rings. The second-order valence-electron chi connectivity index (χ2n) is 4.82. The summed E-state index contributed by atoms with van der Waals surface area (Å²) >= 11 is 0. The van der Waals surface area contributed by atoms with E-state index in [1.807, 2.05) is 18.2 Å². The number of oxime groups is 1.